The smallest absolute Gasteiger partial charge is 0.256 e. The van der Waals surface area contributed by atoms with Crippen LogP contribution in [0.15, 0.2) is 48.0 Å². The first-order chi connectivity index (χ1) is 13.0. The molecule has 4 nitrogen and oxygen atoms in total. The number of anilines is 2. The van der Waals surface area contributed by atoms with Crippen molar-refractivity contribution >= 4 is 46.6 Å². The molecule has 2 fully saturated rings. The highest BCUT2D eigenvalue weighted by atomic mass is 35.5. The molecule has 1 amide bonds. The summed E-state index contributed by atoms with van der Waals surface area (Å²) >= 11 is 12.0. The average Bonchev–Trinajstić information content (AvgIpc) is 2.68. The van der Waals surface area contributed by atoms with E-state index >= 15 is 0 Å². The first-order valence-corrected chi connectivity index (χ1v) is 9.78. The second-order valence-electron chi connectivity index (χ2n) is 7.01. The topological polar surface area (TPSA) is 26.8 Å². The number of hydrogen-bond donors (Lipinski definition) is 0. The van der Waals surface area contributed by atoms with Crippen molar-refractivity contribution in [3.63, 3.8) is 0 Å². The molecule has 27 heavy (non-hydrogen) atoms. The Labute approximate surface area is 169 Å². The fourth-order valence-corrected chi connectivity index (χ4v) is 3.79. The first-order valence-electron chi connectivity index (χ1n) is 9.03. The summed E-state index contributed by atoms with van der Waals surface area (Å²) in [5, 5.41) is 0.949. The highest BCUT2D eigenvalue weighted by molar-refractivity contribution is 6.42. The van der Waals surface area contributed by atoms with E-state index in [0.29, 0.717) is 16.6 Å². The number of amides is 1. The van der Waals surface area contributed by atoms with Crippen LogP contribution in [0, 0.1) is 0 Å². The zero-order valence-corrected chi connectivity index (χ0v) is 16.7. The monoisotopic (exact) mass is 401 g/mol. The third kappa shape index (κ3) is 3.70. The molecule has 2 heterocycles. The van der Waals surface area contributed by atoms with E-state index in [9.17, 15) is 4.79 Å². The average molecular weight is 402 g/mol. The number of carbonyl (C=O) groups excluding carboxylic acids is 1. The molecule has 0 unspecified atom stereocenters. The summed E-state index contributed by atoms with van der Waals surface area (Å²) < 4.78 is 0. The van der Waals surface area contributed by atoms with Crippen LogP contribution in [0.1, 0.15) is 5.56 Å². The molecular formula is C21H21Cl2N3O. The summed E-state index contributed by atoms with van der Waals surface area (Å²) in [6.45, 7) is 4.68. The molecule has 2 aromatic carbocycles. The van der Waals surface area contributed by atoms with Gasteiger partial charge in [0.2, 0.25) is 0 Å². The minimum Gasteiger partial charge on any atom is -0.368 e. The van der Waals surface area contributed by atoms with Crippen LogP contribution in [0.3, 0.4) is 0 Å². The minimum atomic E-state index is 0.0153. The maximum Gasteiger partial charge on any atom is 0.256 e. The molecule has 140 valence electrons. The largest absolute Gasteiger partial charge is 0.368 e. The second kappa shape index (κ2) is 7.55. The van der Waals surface area contributed by atoms with Gasteiger partial charge in [0.05, 0.1) is 16.6 Å². The zero-order valence-electron chi connectivity index (χ0n) is 15.2. The molecule has 0 bridgehead atoms. The number of nitrogens with zero attached hydrogens (tertiary/aromatic N) is 3. The van der Waals surface area contributed by atoms with Crippen LogP contribution < -0.4 is 9.80 Å². The number of likely N-dealkylation sites (N-methyl/N-ethyl adjacent to an activating group) is 1. The summed E-state index contributed by atoms with van der Waals surface area (Å²) in [4.78, 5) is 19.1. The Kier molecular flexibility index (Phi) is 5.13. The van der Waals surface area contributed by atoms with Gasteiger partial charge in [-0.25, -0.2) is 0 Å². The standard InChI is InChI=1S/C21H21Cl2N3O/c1-24-8-10-25(11-9-24)20-5-3-2-4-15(20)12-16-14-26(21(16)27)17-6-7-18(22)19(23)13-17/h2-7,12-13H,8-11,14H2,1H3/b16-12+. The lowest BCUT2D eigenvalue weighted by Crippen LogP contribution is -2.46. The fraction of sp³-hybridized carbons (Fsp3) is 0.286. The third-order valence-corrected chi connectivity index (χ3v) is 5.91. The van der Waals surface area contributed by atoms with Crippen molar-refractivity contribution in [3.05, 3.63) is 63.6 Å². The third-order valence-electron chi connectivity index (χ3n) is 5.17. The normalized spacial score (nSPS) is 19.5. The Morgan fingerprint density at radius 3 is 2.41 bits per heavy atom. The first kappa shape index (κ1) is 18.4. The second-order valence-corrected chi connectivity index (χ2v) is 7.82. The van der Waals surface area contributed by atoms with Crippen LogP contribution >= 0.6 is 23.2 Å². The summed E-state index contributed by atoms with van der Waals surface area (Å²) in [6.07, 6.45) is 2.02. The van der Waals surface area contributed by atoms with E-state index in [4.69, 9.17) is 23.2 Å². The Bertz CT molecular complexity index is 904. The molecular weight excluding hydrogens is 381 g/mol. The number of hydrogen-bond acceptors (Lipinski definition) is 3. The van der Waals surface area contributed by atoms with Gasteiger partial charge >= 0.3 is 0 Å². The van der Waals surface area contributed by atoms with Crippen LogP contribution in [0.5, 0.6) is 0 Å². The molecule has 6 heteroatoms. The summed E-state index contributed by atoms with van der Waals surface area (Å²) in [6, 6.07) is 13.6. The predicted molar refractivity (Wildman–Crippen MR) is 113 cm³/mol. The quantitative estimate of drug-likeness (QED) is 0.570. The Balaban J connectivity index is 1.53. The molecule has 0 saturated carbocycles. The number of para-hydroxylation sites is 1. The molecule has 0 radical (unpaired) electrons. The molecule has 4 rings (SSSR count). The molecule has 2 aliphatic heterocycles. The molecule has 0 spiro atoms. The van der Waals surface area contributed by atoms with Gasteiger partial charge in [-0.1, -0.05) is 41.4 Å². The van der Waals surface area contributed by atoms with Gasteiger partial charge in [-0.15, -0.1) is 0 Å². The van der Waals surface area contributed by atoms with Crippen molar-refractivity contribution in [2.75, 3.05) is 49.6 Å². The van der Waals surface area contributed by atoms with Crippen LogP contribution in [0.2, 0.25) is 10.0 Å². The van der Waals surface area contributed by atoms with Gasteiger partial charge in [-0.3, -0.25) is 4.79 Å². The van der Waals surface area contributed by atoms with Gasteiger partial charge in [0.15, 0.2) is 0 Å². The van der Waals surface area contributed by atoms with Gasteiger partial charge in [-0.05, 0) is 43.0 Å². The SMILES string of the molecule is CN1CCN(c2ccccc2/C=C2\CN(c3ccc(Cl)c(Cl)c3)C2=O)CC1. The lowest BCUT2D eigenvalue weighted by molar-refractivity contribution is -0.117. The maximum absolute atomic E-state index is 12.7. The van der Waals surface area contributed by atoms with Gasteiger partial charge in [-0.2, -0.15) is 0 Å². The van der Waals surface area contributed by atoms with Gasteiger partial charge < -0.3 is 14.7 Å². The summed E-state index contributed by atoms with van der Waals surface area (Å²) in [7, 11) is 2.15. The Morgan fingerprint density at radius 1 is 0.963 bits per heavy atom. The van der Waals surface area contributed by atoms with Crippen LogP contribution in [0.4, 0.5) is 11.4 Å². The molecule has 0 aromatic heterocycles. The van der Waals surface area contributed by atoms with Gasteiger partial charge in [0, 0.05) is 43.1 Å². The summed E-state index contributed by atoms with van der Waals surface area (Å²) in [5.41, 5.74) is 3.87. The Morgan fingerprint density at radius 2 is 1.70 bits per heavy atom. The number of piperazine rings is 1. The molecule has 2 aliphatic rings. The van der Waals surface area contributed by atoms with E-state index in [1.165, 1.54) is 5.69 Å². The van der Waals surface area contributed by atoms with Crippen LogP contribution in [0.25, 0.3) is 6.08 Å². The highest BCUT2D eigenvalue weighted by Gasteiger charge is 2.32. The number of benzene rings is 2. The van der Waals surface area contributed by atoms with E-state index in [1.54, 1.807) is 17.0 Å². The van der Waals surface area contributed by atoms with Crippen molar-refractivity contribution in [1.82, 2.24) is 4.90 Å². The van der Waals surface area contributed by atoms with E-state index < -0.39 is 0 Å². The molecule has 0 N–H and O–H groups in total. The number of rotatable bonds is 3. The summed E-state index contributed by atoms with van der Waals surface area (Å²) in [5.74, 6) is 0.0153. The van der Waals surface area contributed by atoms with Crippen molar-refractivity contribution in [3.8, 4) is 0 Å². The maximum atomic E-state index is 12.7. The molecule has 2 aromatic rings. The van der Waals surface area contributed by atoms with Crippen molar-refractivity contribution in [2.45, 2.75) is 0 Å². The minimum absolute atomic E-state index is 0.0153. The predicted octanol–water partition coefficient (Wildman–Crippen LogP) is 4.18. The van der Waals surface area contributed by atoms with Crippen molar-refractivity contribution in [2.24, 2.45) is 0 Å². The van der Waals surface area contributed by atoms with E-state index in [2.05, 4.69) is 35.0 Å². The van der Waals surface area contributed by atoms with E-state index in [-0.39, 0.29) is 5.91 Å². The lowest BCUT2D eigenvalue weighted by Gasteiger charge is -2.36. The zero-order chi connectivity index (χ0) is 19.0. The molecule has 2 saturated heterocycles. The van der Waals surface area contributed by atoms with Crippen molar-refractivity contribution < 1.29 is 4.79 Å². The number of halogens is 2. The highest BCUT2D eigenvalue weighted by Crippen LogP contribution is 2.33. The Hall–Kier alpha value is -2.01. The lowest BCUT2D eigenvalue weighted by atomic mass is 10.0. The van der Waals surface area contributed by atoms with Gasteiger partial charge in [0.25, 0.3) is 5.91 Å². The van der Waals surface area contributed by atoms with Crippen molar-refractivity contribution in [1.29, 1.82) is 0 Å². The van der Waals surface area contributed by atoms with Gasteiger partial charge in [0.1, 0.15) is 0 Å². The molecule has 0 atom stereocenters. The fourth-order valence-electron chi connectivity index (χ4n) is 3.49. The van der Waals surface area contributed by atoms with E-state index in [0.717, 1.165) is 43.0 Å². The van der Waals surface area contributed by atoms with Crippen LogP contribution in [-0.4, -0.2) is 50.6 Å². The number of β-lactam (4-membered cyclic amide) rings is 1. The van der Waals surface area contributed by atoms with Crippen LogP contribution in [-0.2, 0) is 4.79 Å². The number of carbonyl (C=O) groups is 1. The molecule has 0 aliphatic carbocycles. The van der Waals surface area contributed by atoms with E-state index in [1.807, 2.05) is 18.2 Å².